The Kier molecular flexibility index (Phi) is 3.97. The number of hydrogen-bond donors (Lipinski definition) is 1. The third-order valence-corrected chi connectivity index (χ3v) is 4.41. The number of nitrogens with one attached hydrogen (secondary N) is 1. The summed E-state index contributed by atoms with van der Waals surface area (Å²) >= 11 is 3.50. The fraction of sp³-hybridized carbons (Fsp3) is 0.294. The Morgan fingerprint density at radius 1 is 1.10 bits per heavy atom. The summed E-state index contributed by atoms with van der Waals surface area (Å²) in [6, 6.07) is 17.4. The minimum Gasteiger partial charge on any atom is -0.497 e. The van der Waals surface area contributed by atoms with Gasteiger partial charge in [-0.05, 0) is 54.7 Å². The summed E-state index contributed by atoms with van der Waals surface area (Å²) in [5.74, 6) is 1.60. The van der Waals surface area contributed by atoms with E-state index in [1.165, 1.54) is 24.1 Å². The number of anilines is 1. The van der Waals surface area contributed by atoms with E-state index in [0.717, 1.165) is 10.2 Å². The molecule has 0 radical (unpaired) electrons. The minimum absolute atomic E-state index is 0.580. The molecule has 0 atom stereocenters. The van der Waals surface area contributed by atoms with Gasteiger partial charge in [-0.1, -0.05) is 34.1 Å². The lowest BCUT2D eigenvalue weighted by Crippen LogP contribution is -2.33. The second-order valence-electron chi connectivity index (χ2n) is 5.29. The van der Waals surface area contributed by atoms with Gasteiger partial charge in [-0.25, -0.2) is 0 Å². The first-order chi connectivity index (χ1) is 9.74. The second-order valence-corrected chi connectivity index (χ2v) is 6.21. The van der Waals surface area contributed by atoms with Crippen LogP contribution in [0.25, 0.3) is 0 Å². The van der Waals surface area contributed by atoms with E-state index in [4.69, 9.17) is 4.74 Å². The lowest BCUT2D eigenvalue weighted by atomic mass is 9.76. The van der Waals surface area contributed by atoms with Gasteiger partial charge in [0.1, 0.15) is 5.75 Å². The number of hydrogen-bond acceptors (Lipinski definition) is 2. The molecular formula is C17H18BrNO. The summed E-state index contributed by atoms with van der Waals surface area (Å²) in [6.45, 7) is 0. The van der Waals surface area contributed by atoms with Gasteiger partial charge >= 0.3 is 0 Å². The molecule has 0 bridgehead atoms. The number of ether oxygens (including phenoxy) is 1. The predicted octanol–water partition coefficient (Wildman–Crippen LogP) is 4.82. The molecule has 1 aliphatic rings. The number of halogens is 1. The Morgan fingerprint density at radius 3 is 2.50 bits per heavy atom. The second kappa shape index (κ2) is 5.88. The molecule has 2 aromatic carbocycles. The van der Waals surface area contributed by atoms with E-state index in [1.807, 2.05) is 18.2 Å². The molecule has 0 unspecified atom stereocenters. The lowest BCUT2D eigenvalue weighted by Gasteiger charge is -2.37. The summed E-state index contributed by atoms with van der Waals surface area (Å²) in [6.07, 6.45) is 2.39. The fourth-order valence-electron chi connectivity index (χ4n) is 2.70. The zero-order chi connectivity index (χ0) is 13.9. The Morgan fingerprint density at radius 2 is 1.85 bits per heavy atom. The molecule has 1 aliphatic carbocycles. The van der Waals surface area contributed by atoms with E-state index in [9.17, 15) is 0 Å². The fourth-order valence-corrected chi connectivity index (χ4v) is 3.10. The third kappa shape index (κ3) is 2.98. The molecule has 0 aliphatic heterocycles. The van der Waals surface area contributed by atoms with Crippen LogP contribution in [-0.4, -0.2) is 13.2 Å². The molecule has 2 aromatic rings. The maximum absolute atomic E-state index is 5.20. The maximum atomic E-state index is 5.20. The average Bonchev–Trinajstić information content (AvgIpc) is 2.43. The standard InChI is InChI=1S/C17H18BrNO/c1-20-17-7-5-12(6-8-17)13-9-16(10-13)19-15-4-2-3-14(18)11-15/h2-8,11,13,16,19H,9-10H2,1H3. The van der Waals surface area contributed by atoms with Crippen LogP contribution in [0.4, 0.5) is 5.69 Å². The van der Waals surface area contributed by atoms with Crippen molar-refractivity contribution in [3.63, 3.8) is 0 Å². The molecule has 1 N–H and O–H groups in total. The molecular weight excluding hydrogens is 314 g/mol. The van der Waals surface area contributed by atoms with Gasteiger partial charge in [0, 0.05) is 16.2 Å². The van der Waals surface area contributed by atoms with E-state index >= 15 is 0 Å². The van der Waals surface area contributed by atoms with Crippen LogP contribution in [0.3, 0.4) is 0 Å². The van der Waals surface area contributed by atoms with Crippen molar-refractivity contribution in [1.82, 2.24) is 0 Å². The van der Waals surface area contributed by atoms with Crippen LogP contribution in [0.1, 0.15) is 24.3 Å². The SMILES string of the molecule is COc1ccc(C2CC(Nc3cccc(Br)c3)C2)cc1. The van der Waals surface area contributed by atoms with Crippen molar-refractivity contribution in [3.05, 3.63) is 58.6 Å². The van der Waals surface area contributed by atoms with Crippen LogP contribution in [0.2, 0.25) is 0 Å². The maximum Gasteiger partial charge on any atom is 0.118 e. The summed E-state index contributed by atoms with van der Waals surface area (Å²) < 4.78 is 6.31. The van der Waals surface area contributed by atoms with Crippen LogP contribution < -0.4 is 10.1 Å². The van der Waals surface area contributed by atoms with Gasteiger partial charge in [-0.15, -0.1) is 0 Å². The summed E-state index contributed by atoms with van der Waals surface area (Å²) in [4.78, 5) is 0. The molecule has 2 nitrogen and oxygen atoms in total. The van der Waals surface area contributed by atoms with Crippen LogP contribution in [0.5, 0.6) is 5.75 Å². The highest BCUT2D eigenvalue weighted by atomic mass is 79.9. The largest absolute Gasteiger partial charge is 0.497 e. The molecule has 104 valence electrons. The first kappa shape index (κ1) is 13.5. The van der Waals surface area contributed by atoms with Crippen molar-refractivity contribution in [3.8, 4) is 5.75 Å². The highest BCUT2D eigenvalue weighted by Gasteiger charge is 2.30. The molecule has 0 aromatic heterocycles. The van der Waals surface area contributed by atoms with Gasteiger partial charge in [0.2, 0.25) is 0 Å². The zero-order valence-electron chi connectivity index (χ0n) is 11.5. The molecule has 1 fully saturated rings. The molecule has 20 heavy (non-hydrogen) atoms. The summed E-state index contributed by atoms with van der Waals surface area (Å²) in [5.41, 5.74) is 2.61. The molecule has 0 spiro atoms. The highest BCUT2D eigenvalue weighted by molar-refractivity contribution is 9.10. The molecule has 0 saturated heterocycles. The van der Waals surface area contributed by atoms with Gasteiger partial charge in [-0.3, -0.25) is 0 Å². The van der Waals surface area contributed by atoms with Crippen molar-refractivity contribution in [2.24, 2.45) is 0 Å². The smallest absolute Gasteiger partial charge is 0.118 e. The topological polar surface area (TPSA) is 21.3 Å². The van der Waals surface area contributed by atoms with Crippen LogP contribution >= 0.6 is 15.9 Å². The van der Waals surface area contributed by atoms with Gasteiger partial charge in [0.25, 0.3) is 0 Å². The Hall–Kier alpha value is -1.48. The number of rotatable bonds is 4. The summed E-state index contributed by atoms with van der Waals surface area (Å²) in [5, 5.41) is 3.59. The highest BCUT2D eigenvalue weighted by Crippen LogP contribution is 2.39. The monoisotopic (exact) mass is 331 g/mol. The molecule has 0 heterocycles. The lowest BCUT2D eigenvalue weighted by molar-refractivity contribution is 0.373. The normalized spacial score (nSPS) is 21.1. The third-order valence-electron chi connectivity index (χ3n) is 3.92. The first-order valence-electron chi connectivity index (χ1n) is 6.90. The molecule has 3 heteroatoms. The van der Waals surface area contributed by atoms with Crippen molar-refractivity contribution in [2.45, 2.75) is 24.8 Å². The van der Waals surface area contributed by atoms with Crippen molar-refractivity contribution in [2.75, 3.05) is 12.4 Å². The van der Waals surface area contributed by atoms with E-state index < -0.39 is 0 Å². The van der Waals surface area contributed by atoms with E-state index in [0.29, 0.717) is 12.0 Å². The quantitative estimate of drug-likeness (QED) is 0.867. The van der Waals surface area contributed by atoms with Crippen molar-refractivity contribution in [1.29, 1.82) is 0 Å². The van der Waals surface area contributed by atoms with Crippen molar-refractivity contribution >= 4 is 21.6 Å². The zero-order valence-corrected chi connectivity index (χ0v) is 13.1. The van der Waals surface area contributed by atoms with Gasteiger partial charge in [0.15, 0.2) is 0 Å². The predicted molar refractivity (Wildman–Crippen MR) is 86.5 cm³/mol. The van der Waals surface area contributed by atoms with Crippen LogP contribution in [0, 0.1) is 0 Å². The van der Waals surface area contributed by atoms with E-state index in [-0.39, 0.29) is 0 Å². The molecule has 1 saturated carbocycles. The minimum atomic E-state index is 0.580. The molecule has 0 amide bonds. The molecule has 3 rings (SSSR count). The average molecular weight is 332 g/mol. The van der Waals surface area contributed by atoms with Gasteiger partial charge in [-0.2, -0.15) is 0 Å². The van der Waals surface area contributed by atoms with E-state index in [2.05, 4.69) is 51.6 Å². The van der Waals surface area contributed by atoms with Crippen LogP contribution in [-0.2, 0) is 0 Å². The summed E-state index contributed by atoms with van der Waals surface area (Å²) in [7, 11) is 1.70. The number of benzene rings is 2. The Labute approximate surface area is 128 Å². The first-order valence-corrected chi connectivity index (χ1v) is 7.70. The Balaban J connectivity index is 1.55. The van der Waals surface area contributed by atoms with E-state index in [1.54, 1.807) is 7.11 Å². The number of methoxy groups -OCH3 is 1. The van der Waals surface area contributed by atoms with Gasteiger partial charge in [0.05, 0.1) is 7.11 Å². The van der Waals surface area contributed by atoms with Gasteiger partial charge < -0.3 is 10.1 Å². The van der Waals surface area contributed by atoms with Crippen molar-refractivity contribution < 1.29 is 4.74 Å². The Bertz CT molecular complexity index is 576. The van der Waals surface area contributed by atoms with Crippen LogP contribution in [0.15, 0.2) is 53.0 Å².